The molecule has 0 bridgehead atoms. The molecule has 0 spiro atoms. The van der Waals surface area contributed by atoms with Gasteiger partial charge in [-0.3, -0.25) is 4.79 Å². The molecule has 0 radical (unpaired) electrons. The highest BCUT2D eigenvalue weighted by molar-refractivity contribution is 5.91. The number of benzene rings is 1. The molecule has 3 rings (SSSR count). The lowest BCUT2D eigenvalue weighted by Gasteiger charge is -2.18. The van der Waals surface area contributed by atoms with Crippen molar-refractivity contribution in [3.63, 3.8) is 0 Å². The smallest absolute Gasteiger partial charge is 0.246 e. The SMILES string of the molecule is O=C(Cn1cnnn1)Nc1ccc2c(c1)NCCC2. The first-order valence-electron chi connectivity index (χ1n) is 6.19. The molecule has 0 fully saturated rings. The minimum Gasteiger partial charge on any atom is -0.385 e. The Hall–Kier alpha value is -2.44. The predicted octanol–water partition coefficient (Wildman–Crippen LogP) is 0.670. The van der Waals surface area contributed by atoms with Crippen molar-refractivity contribution < 1.29 is 4.79 Å². The maximum Gasteiger partial charge on any atom is 0.246 e. The molecule has 98 valence electrons. The summed E-state index contributed by atoms with van der Waals surface area (Å²) in [5.74, 6) is -0.150. The number of hydrogen-bond donors (Lipinski definition) is 2. The van der Waals surface area contributed by atoms with Gasteiger partial charge >= 0.3 is 0 Å². The number of fused-ring (bicyclic) bond motifs is 1. The van der Waals surface area contributed by atoms with Crippen LogP contribution in [0.25, 0.3) is 0 Å². The molecule has 0 saturated heterocycles. The summed E-state index contributed by atoms with van der Waals surface area (Å²) in [5, 5.41) is 16.8. The number of hydrogen-bond acceptors (Lipinski definition) is 5. The van der Waals surface area contributed by atoms with Gasteiger partial charge in [-0.1, -0.05) is 6.07 Å². The van der Waals surface area contributed by atoms with E-state index in [1.54, 1.807) is 0 Å². The quantitative estimate of drug-likeness (QED) is 0.845. The largest absolute Gasteiger partial charge is 0.385 e. The number of carbonyl (C=O) groups is 1. The zero-order chi connectivity index (χ0) is 13.1. The molecule has 1 aromatic carbocycles. The van der Waals surface area contributed by atoms with Gasteiger partial charge in [0.05, 0.1) is 0 Å². The van der Waals surface area contributed by atoms with Gasteiger partial charge in [-0.25, -0.2) is 4.68 Å². The Kier molecular flexibility index (Phi) is 3.09. The Morgan fingerprint density at radius 1 is 1.47 bits per heavy atom. The number of carbonyl (C=O) groups excluding carboxylic acids is 1. The van der Waals surface area contributed by atoms with E-state index in [9.17, 15) is 4.79 Å². The maximum absolute atomic E-state index is 11.8. The first-order valence-corrected chi connectivity index (χ1v) is 6.19. The van der Waals surface area contributed by atoms with Gasteiger partial charge in [0.1, 0.15) is 12.9 Å². The number of amides is 1. The molecule has 1 aliphatic rings. The van der Waals surface area contributed by atoms with Gasteiger partial charge in [-0.15, -0.1) is 5.10 Å². The molecule has 7 nitrogen and oxygen atoms in total. The van der Waals surface area contributed by atoms with Gasteiger partial charge in [0.2, 0.25) is 5.91 Å². The van der Waals surface area contributed by atoms with E-state index in [1.807, 2.05) is 18.2 Å². The lowest BCUT2D eigenvalue weighted by molar-refractivity contribution is -0.116. The molecule has 1 amide bonds. The average molecular weight is 258 g/mol. The van der Waals surface area contributed by atoms with Crippen LogP contribution in [0.3, 0.4) is 0 Å². The molecule has 0 aliphatic carbocycles. The van der Waals surface area contributed by atoms with Crippen LogP contribution in [0.15, 0.2) is 24.5 Å². The molecule has 2 heterocycles. The fraction of sp³-hybridized carbons (Fsp3) is 0.333. The number of nitrogens with one attached hydrogen (secondary N) is 2. The Morgan fingerprint density at radius 3 is 3.26 bits per heavy atom. The normalized spacial score (nSPS) is 13.5. The summed E-state index contributed by atoms with van der Waals surface area (Å²) in [6.45, 7) is 1.09. The summed E-state index contributed by atoms with van der Waals surface area (Å²) in [5.41, 5.74) is 3.18. The van der Waals surface area contributed by atoms with E-state index in [4.69, 9.17) is 0 Å². The fourth-order valence-corrected chi connectivity index (χ4v) is 2.14. The topological polar surface area (TPSA) is 84.7 Å². The van der Waals surface area contributed by atoms with E-state index in [1.165, 1.54) is 16.6 Å². The van der Waals surface area contributed by atoms with E-state index in [2.05, 4.69) is 26.2 Å². The third kappa shape index (κ3) is 2.70. The number of aryl methyl sites for hydroxylation is 1. The highest BCUT2D eigenvalue weighted by atomic mass is 16.2. The van der Waals surface area contributed by atoms with E-state index >= 15 is 0 Å². The van der Waals surface area contributed by atoms with E-state index in [-0.39, 0.29) is 12.5 Å². The summed E-state index contributed by atoms with van der Waals surface area (Å²) >= 11 is 0. The molecular weight excluding hydrogens is 244 g/mol. The molecule has 1 aliphatic heterocycles. The summed E-state index contributed by atoms with van der Waals surface area (Å²) < 4.78 is 1.38. The van der Waals surface area contributed by atoms with E-state index in [0.717, 1.165) is 30.8 Å². The monoisotopic (exact) mass is 258 g/mol. The van der Waals surface area contributed by atoms with Crippen molar-refractivity contribution in [3.8, 4) is 0 Å². The fourth-order valence-electron chi connectivity index (χ4n) is 2.14. The van der Waals surface area contributed by atoms with Crippen molar-refractivity contribution in [1.29, 1.82) is 0 Å². The van der Waals surface area contributed by atoms with Gasteiger partial charge in [0.15, 0.2) is 0 Å². The van der Waals surface area contributed by atoms with Gasteiger partial charge < -0.3 is 10.6 Å². The third-order valence-electron chi connectivity index (χ3n) is 3.03. The molecule has 0 saturated carbocycles. The maximum atomic E-state index is 11.8. The Labute approximate surface area is 110 Å². The zero-order valence-corrected chi connectivity index (χ0v) is 10.3. The van der Waals surface area contributed by atoms with Crippen LogP contribution in [0.1, 0.15) is 12.0 Å². The summed E-state index contributed by atoms with van der Waals surface area (Å²) in [6.07, 6.45) is 3.65. The van der Waals surface area contributed by atoms with Crippen LogP contribution in [0.4, 0.5) is 11.4 Å². The highest BCUT2D eigenvalue weighted by Gasteiger charge is 2.10. The predicted molar refractivity (Wildman–Crippen MR) is 69.7 cm³/mol. The third-order valence-corrected chi connectivity index (χ3v) is 3.03. The number of anilines is 2. The second kappa shape index (κ2) is 5.05. The van der Waals surface area contributed by atoms with Crippen LogP contribution in [0, 0.1) is 0 Å². The van der Waals surface area contributed by atoms with Crippen molar-refractivity contribution in [2.45, 2.75) is 19.4 Å². The van der Waals surface area contributed by atoms with Crippen molar-refractivity contribution >= 4 is 17.3 Å². The van der Waals surface area contributed by atoms with Crippen LogP contribution >= 0.6 is 0 Å². The van der Waals surface area contributed by atoms with Gasteiger partial charge in [-0.05, 0) is 41.0 Å². The first kappa shape index (κ1) is 11.6. The van der Waals surface area contributed by atoms with Crippen molar-refractivity contribution in [3.05, 3.63) is 30.1 Å². The standard InChI is InChI=1S/C12H14N6O/c19-12(7-18-8-14-16-17-18)15-10-4-3-9-2-1-5-13-11(9)6-10/h3-4,6,8,13H,1-2,5,7H2,(H,15,19). The molecular formula is C12H14N6O. The van der Waals surface area contributed by atoms with Crippen LogP contribution in [0.2, 0.25) is 0 Å². The molecule has 2 N–H and O–H groups in total. The number of aromatic nitrogens is 4. The summed E-state index contributed by atoms with van der Waals surface area (Å²) in [4.78, 5) is 11.8. The molecule has 7 heteroatoms. The lowest BCUT2D eigenvalue weighted by atomic mass is 10.0. The first-order chi connectivity index (χ1) is 9.31. The Bertz CT molecular complexity index is 580. The number of rotatable bonds is 3. The molecule has 2 aromatic rings. The van der Waals surface area contributed by atoms with Crippen molar-refractivity contribution in [2.24, 2.45) is 0 Å². The van der Waals surface area contributed by atoms with Crippen molar-refractivity contribution in [1.82, 2.24) is 20.2 Å². The zero-order valence-electron chi connectivity index (χ0n) is 10.3. The van der Waals surface area contributed by atoms with Gasteiger partial charge in [0.25, 0.3) is 0 Å². The minimum atomic E-state index is -0.150. The van der Waals surface area contributed by atoms with Crippen LogP contribution in [0.5, 0.6) is 0 Å². The second-order valence-corrected chi connectivity index (χ2v) is 4.46. The molecule has 19 heavy (non-hydrogen) atoms. The van der Waals surface area contributed by atoms with Crippen LogP contribution < -0.4 is 10.6 Å². The second-order valence-electron chi connectivity index (χ2n) is 4.46. The van der Waals surface area contributed by atoms with Crippen LogP contribution in [-0.4, -0.2) is 32.7 Å². The molecule has 0 unspecified atom stereocenters. The van der Waals surface area contributed by atoms with E-state index in [0.29, 0.717) is 0 Å². The van der Waals surface area contributed by atoms with Gasteiger partial charge in [0, 0.05) is 17.9 Å². The van der Waals surface area contributed by atoms with Crippen molar-refractivity contribution in [2.75, 3.05) is 17.2 Å². The van der Waals surface area contributed by atoms with Gasteiger partial charge in [-0.2, -0.15) is 0 Å². The summed E-state index contributed by atoms with van der Waals surface area (Å²) in [7, 11) is 0. The summed E-state index contributed by atoms with van der Waals surface area (Å²) in [6, 6.07) is 5.93. The number of tetrazole rings is 1. The molecule has 0 atom stereocenters. The Balaban J connectivity index is 1.67. The van der Waals surface area contributed by atoms with Crippen LogP contribution in [-0.2, 0) is 17.8 Å². The minimum absolute atomic E-state index is 0.109. The lowest BCUT2D eigenvalue weighted by Crippen LogP contribution is -2.19. The molecule has 1 aromatic heterocycles. The van der Waals surface area contributed by atoms with E-state index < -0.39 is 0 Å². The number of nitrogens with zero attached hydrogens (tertiary/aromatic N) is 4. The average Bonchev–Trinajstić information content (AvgIpc) is 2.91. The highest BCUT2D eigenvalue weighted by Crippen LogP contribution is 2.25. The Morgan fingerprint density at radius 2 is 2.42 bits per heavy atom.